The van der Waals surface area contributed by atoms with Gasteiger partial charge in [-0.05, 0) is 51.7 Å². The highest BCUT2D eigenvalue weighted by atomic mass is 16.5. The van der Waals surface area contributed by atoms with Gasteiger partial charge in [-0.15, -0.1) is 0 Å². The van der Waals surface area contributed by atoms with E-state index in [1.165, 1.54) is 0 Å². The lowest BCUT2D eigenvalue weighted by atomic mass is 9.83. The molecule has 2 unspecified atom stereocenters. The van der Waals surface area contributed by atoms with Gasteiger partial charge in [0.1, 0.15) is 5.54 Å². The van der Waals surface area contributed by atoms with Crippen LogP contribution in [0.25, 0.3) is 0 Å². The van der Waals surface area contributed by atoms with E-state index in [9.17, 15) is 4.79 Å². The van der Waals surface area contributed by atoms with Crippen LogP contribution in [0, 0.1) is 5.92 Å². The zero-order valence-corrected chi connectivity index (χ0v) is 13.3. The molecule has 0 spiro atoms. The number of hydrogen-bond acceptors (Lipinski definition) is 4. The number of nitrogens with zero attached hydrogens (tertiary/aromatic N) is 1. The fraction of sp³-hybridized carbons (Fsp3) is 0.933. The van der Waals surface area contributed by atoms with Gasteiger partial charge in [0.15, 0.2) is 0 Å². The largest absolute Gasteiger partial charge is 0.385 e. The van der Waals surface area contributed by atoms with Crippen molar-refractivity contribution in [3.05, 3.63) is 0 Å². The summed E-state index contributed by atoms with van der Waals surface area (Å²) in [6.45, 7) is 5.68. The molecule has 2 atom stereocenters. The van der Waals surface area contributed by atoms with E-state index in [-0.39, 0.29) is 5.91 Å². The Hall–Kier alpha value is -0.650. The minimum Gasteiger partial charge on any atom is -0.385 e. The van der Waals surface area contributed by atoms with Gasteiger partial charge < -0.3 is 20.7 Å². The molecule has 0 saturated heterocycles. The lowest BCUT2D eigenvalue weighted by Gasteiger charge is -2.34. The molecule has 0 bridgehead atoms. The maximum absolute atomic E-state index is 11.9. The number of carbonyl (C=O) groups excluding carboxylic acids is 1. The highest BCUT2D eigenvalue weighted by Gasteiger charge is 2.46. The lowest BCUT2D eigenvalue weighted by molar-refractivity contribution is -0.126. The highest BCUT2D eigenvalue weighted by molar-refractivity contribution is 5.85. The average molecular weight is 285 g/mol. The Kier molecular flexibility index (Phi) is 7.48. The molecular formula is C15H31N3O2. The Bertz CT molecular complexity index is 299. The first kappa shape index (κ1) is 17.4. The van der Waals surface area contributed by atoms with Gasteiger partial charge in [0, 0.05) is 20.3 Å². The third-order valence-corrected chi connectivity index (χ3v) is 4.50. The van der Waals surface area contributed by atoms with E-state index in [4.69, 9.17) is 10.5 Å². The molecule has 0 aromatic heterocycles. The van der Waals surface area contributed by atoms with Crippen LogP contribution < -0.4 is 11.1 Å². The van der Waals surface area contributed by atoms with Crippen molar-refractivity contribution in [2.75, 3.05) is 40.4 Å². The zero-order valence-electron chi connectivity index (χ0n) is 13.3. The lowest BCUT2D eigenvalue weighted by Crippen LogP contribution is -2.58. The van der Waals surface area contributed by atoms with Crippen molar-refractivity contribution >= 4 is 5.91 Å². The number of carbonyl (C=O) groups is 1. The van der Waals surface area contributed by atoms with Gasteiger partial charge >= 0.3 is 0 Å². The topological polar surface area (TPSA) is 67.6 Å². The van der Waals surface area contributed by atoms with E-state index in [0.29, 0.717) is 5.92 Å². The maximum Gasteiger partial charge on any atom is 0.238 e. The highest BCUT2D eigenvalue weighted by Crippen LogP contribution is 2.37. The van der Waals surface area contributed by atoms with E-state index in [1.807, 2.05) is 6.92 Å². The molecule has 1 saturated carbocycles. The van der Waals surface area contributed by atoms with Crippen molar-refractivity contribution in [1.82, 2.24) is 10.2 Å². The molecule has 118 valence electrons. The van der Waals surface area contributed by atoms with Crippen LogP contribution in [0.2, 0.25) is 0 Å². The Balaban J connectivity index is 2.46. The summed E-state index contributed by atoms with van der Waals surface area (Å²) in [5, 5.41) is 3.37. The third kappa shape index (κ3) is 4.43. The quantitative estimate of drug-likeness (QED) is 0.587. The number of amides is 1. The molecule has 1 aliphatic carbocycles. The van der Waals surface area contributed by atoms with Gasteiger partial charge in [0.2, 0.25) is 5.91 Å². The van der Waals surface area contributed by atoms with E-state index in [0.717, 1.165) is 58.3 Å². The normalized spacial score (nSPS) is 26.3. The number of likely N-dealkylation sites (N-methyl/N-ethyl adjacent to an activating group) is 1. The average Bonchev–Trinajstić information content (AvgIpc) is 2.81. The molecule has 1 rings (SSSR count). The minimum absolute atomic E-state index is 0.177. The van der Waals surface area contributed by atoms with Crippen LogP contribution in [-0.4, -0.2) is 56.7 Å². The fourth-order valence-corrected chi connectivity index (χ4v) is 3.40. The summed E-state index contributed by atoms with van der Waals surface area (Å²) in [5.41, 5.74) is 5.21. The van der Waals surface area contributed by atoms with Gasteiger partial charge in [-0.2, -0.15) is 0 Å². The Labute approximate surface area is 123 Å². The van der Waals surface area contributed by atoms with Crippen LogP contribution in [0.5, 0.6) is 0 Å². The van der Waals surface area contributed by atoms with Crippen molar-refractivity contribution in [3.8, 4) is 0 Å². The van der Waals surface area contributed by atoms with Crippen molar-refractivity contribution in [2.45, 2.75) is 44.6 Å². The molecule has 1 aliphatic rings. The van der Waals surface area contributed by atoms with Crippen LogP contribution in [-0.2, 0) is 9.53 Å². The number of methoxy groups -OCH3 is 1. The second kappa shape index (κ2) is 8.60. The maximum atomic E-state index is 11.9. The molecule has 1 amide bonds. The van der Waals surface area contributed by atoms with Crippen LogP contribution in [0.15, 0.2) is 0 Å². The number of ether oxygens (including phenoxy) is 1. The van der Waals surface area contributed by atoms with Crippen LogP contribution in [0.3, 0.4) is 0 Å². The Morgan fingerprint density at radius 3 is 2.85 bits per heavy atom. The molecule has 3 N–H and O–H groups in total. The number of hydrogen-bond donors (Lipinski definition) is 2. The summed E-state index contributed by atoms with van der Waals surface area (Å²) in [5.74, 6) is 0.189. The molecule has 1 fully saturated rings. The molecular weight excluding hydrogens is 254 g/mol. The summed E-state index contributed by atoms with van der Waals surface area (Å²) < 4.78 is 5.07. The number of rotatable bonds is 10. The predicted molar refractivity (Wildman–Crippen MR) is 81.6 cm³/mol. The van der Waals surface area contributed by atoms with Crippen molar-refractivity contribution in [1.29, 1.82) is 0 Å². The molecule has 0 aliphatic heterocycles. The van der Waals surface area contributed by atoms with Gasteiger partial charge in [-0.25, -0.2) is 0 Å². The van der Waals surface area contributed by atoms with Crippen LogP contribution in [0.1, 0.15) is 39.0 Å². The van der Waals surface area contributed by atoms with E-state index in [2.05, 4.69) is 17.3 Å². The third-order valence-electron chi connectivity index (χ3n) is 4.50. The van der Waals surface area contributed by atoms with Crippen LogP contribution in [0.4, 0.5) is 0 Å². The summed E-state index contributed by atoms with van der Waals surface area (Å²) >= 11 is 0. The molecule has 0 heterocycles. The van der Waals surface area contributed by atoms with Crippen LogP contribution >= 0.6 is 0 Å². The number of nitrogens with two attached hydrogens (primary N) is 1. The van der Waals surface area contributed by atoms with E-state index < -0.39 is 5.54 Å². The van der Waals surface area contributed by atoms with Gasteiger partial charge in [0.05, 0.1) is 0 Å². The van der Waals surface area contributed by atoms with Gasteiger partial charge in [-0.1, -0.05) is 13.3 Å². The van der Waals surface area contributed by atoms with Crippen molar-refractivity contribution in [2.24, 2.45) is 11.7 Å². The Morgan fingerprint density at radius 1 is 1.50 bits per heavy atom. The van der Waals surface area contributed by atoms with Crippen molar-refractivity contribution in [3.63, 3.8) is 0 Å². The molecule has 0 aromatic carbocycles. The minimum atomic E-state index is -0.470. The first-order valence-corrected chi connectivity index (χ1v) is 7.79. The smallest absolute Gasteiger partial charge is 0.238 e. The van der Waals surface area contributed by atoms with Gasteiger partial charge in [-0.3, -0.25) is 4.79 Å². The summed E-state index contributed by atoms with van der Waals surface area (Å²) in [7, 11) is 3.86. The van der Waals surface area contributed by atoms with E-state index in [1.54, 1.807) is 7.11 Å². The second-order valence-electron chi connectivity index (χ2n) is 5.89. The molecule has 0 aromatic rings. The molecule has 5 nitrogen and oxygen atoms in total. The standard InChI is InChI=1S/C15H31N3O2/c1-4-17-15(14(16)19)9-5-7-13(15)8-11-18(2)10-6-12-20-3/h13,17H,4-12H2,1-3H3,(H2,16,19). The summed E-state index contributed by atoms with van der Waals surface area (Å²) in [4.78, 5) is 14.2. The summed E-state index contributed by atoms with van der Waals surface area (Å²) in [6, 6.07) is 0. The van der Waals surface area contributed by atoms with Gasteiger partial charge in [0.25, 0.3) is 0 Å². The number of primary amides is 1. The monoisotopic (exact) mass is 285 g/mol. The molecule has 0 radical (unpaired) electrons. The van der Waals surface area contributed by atoms with Crippen molar-refractivity contribution < 1.29 is 9.53 Å². The SMILES string of the molecule is CCNC1(C(N)=O)CCCC1CCN(C)CCCOC. The first-order valence-electron chi connectivity index (χ1n) is 7.79. The predicted octanol–water partition coefficient (Wildman–Crippen LogP) is 0.978. The second-order valence-corrected chi connectivity index (χ2v) is 5.89. The first-order chi connectivity index (χ1) is 9.56. The fourth-order valence-electron chi connectivity index (χ4n) is 3.40. The molecule has 20 heavy (non-hydrogen) atoms. The Morgan fingerprint density at radius 2 is 2.25 bits per heavy atom. The van der Waals surface area contributed by atoms with E-state index >= 15 is 0 Å². The number of nitrogens with one attached hydrogen (secondary N) is 1. The molecule has 5 heteroatoms. The summed E-state index contributed by atoms with van der Waals surface area (Å²) in [6.07, 6.45) is 5.15. The zero-order chi connectivity index (χ0) is 15.0.